The number of piperidine rings is 1. The van der Waals surface area contributed by atoms with Gasteiger partial charge in [-0.2, -0.15) is 14.6 Å². The van der Waals surface area contributed by atoms with Crippen LogP contribution in [0.5, 0.6) is 0 Å². The first kappa shape index (κ1) is 14.0. The van der Waals surface area contributed by atoms with Crippen molar-refractivity contribution in [2.75, 3.05) is 29.4 Å². The zero-order valence-electron chi connectivity index (χ0n) is 13.5. The molecule has 2 saturated heterocycles. The minimum Gasteiger partial charge on any atom is -0.481 e. The molecule has 3 unspecified atom stereocenters. The summed E-state index contributed by atoms with van der Waals surface area (Å²) in [4.78, 5) is 24.6. The van der Waals surface area contributed by atoms with Crippen LogP contribution in [0.15, 0.2) is 12.4 Å². The smallest absolute Gasteiger partial charge is 0.303 e. The van der Waals surface area contributed by atoms with Gasteiger partial charge >= 0.3 is 5.97 Å². The molecule has 5 rings (SSSR count). The standard InChI is InChI=1S/C16H20N6O2/c1-9-2-3-21(9)16-19-14(5-13-17-8-18-22(13)16)20-6-11-10(4-15(23)24)12(11)7-20/h5,8-12H,2-4,6-7H2,1H3,(H,23,24). The molecule has 126 valence electrons. The van der Waals surface area contributed by atoms with Crippen LogP contribution in [0.25, 0.3) is 5.65 Å². The van der Waals surface area contributed by atoms with Crippen LogP contribution in [0.2, 0.25) is 0 Å². The maximum Gasteiger partial charge on any atom is 0.303 e. The molecule has 1 saturated carbocycles. The summed E-state index contributed by atoms with van der Waals surface area (Å²) in [5.74, 6) is 2.47. The van der Waals surface area contributed by atoms with Crippen molar-refractivity contribution in [3.05, 3.63) is 12.4 Å². The molecule has 0 bridgehead atoms. The lowest BCUT2D eigenvalue weighted by Gasteiger charge is -2.39. The number of rotatable bonds is 4. The highest BCUT2D eigenvalue weighted by Crippen LogP contribution is 2.54. The number of carboxylic acids is 1. The molecule has 1 aliphatic carbocycles. The monoisotopic (exact) mass is 328 g/mol. The third-order valence-electron chi connectivity index (χ3n) is 5.92. The summed E-state index contributed by atoms with van der Waals surface area (Å²) in [5, 5.41) is 13.3. The van der Waals surface area contributed by atoms with Gasteiger partial charge in [0.15, 0.2) is 5.65 Å². The molecule has 0 aromatic carbocycles. The molecule has 3 fully saturated rings. The van der Waals surface area contributed by atoms with Gasteiger partial charge in [0.05, 0.1) is 0 Å². The highest BCUT2D eigenvalue weighted by molar-refractivity contribution is 5.68. The maximum absolute atomic E-state index is 10.9. The Balaban J connectivity index is 1.41. The van der Waals surface area contributed by atoms with E-state index in [1.807, 2.05) is 10.6 Å². The Labute approximate surface area is 139 Å². The summed E-state index contributed by atoms with van der Waals surface area (Å²) in [6.07, 6.45) is 3.04. The summed E-state index contributed by atoms with van der Waals surface area (Å²) in [5.41, 5.74) is 0.816. The highest BCUT2D eigenvalue weighted by Gasteiger charge is 2.56. The SMILES string of the molecule is CC1CCN1c1nc(N2CC3C(CC(=O)O)C3C2)cc2ncnn12. The maximum atomic E-state index is 10.9. The predicted molar refractivity (Wildman–Crippen MR) is 87.1 cm³/mol. The van der Waals surface area contributed by atoms with E-state index in [1.165, 1.54) is 6.42 Å². The molecule has 2 aromatic rings. The average molecular weight is 328 g/mol. The van der Waals surface area contributed by atoms with Gasteiger partial charge in [-0.25, -0.2) is 4.98 Å². The number of carboxylic acid groups (broad SMARTS) is 1. The Bertz CT molecular complexity index is 808. The van der Waals surface area contributed by atoms with E-state index in [9.17, 15) is 4.79 Å². The average Bonchev–Trinajstić information content (AvgIpc) is 2.98. The minimum atomic E-state index is -0.682. The molecule has 3 atom stereocenters. The van der Waals surface area contributed by atoms with Gasteiger partial charge in [0.1, 0.15) is 12.1 Å². The van der Waals surface area contributed by atoms with Gasteiger partial charge in [0, 0.05) is 38.2 Å². The van der Waals surface area contributed by atoms with Crippen LogP contribution >= 0.6 is 0 Å². The normalized spacial score (nSPS) is 31.2. The number of nitrogens with zero attached hydrogens (tertiary/aromatic N) is 6. The molecule has 0 spiro atoms. The Kier molecular flexibility index (Phi) is 2.81. The van der Waals surface area contributed by atoms with E-state index in [4.69, 9.17) is 10.1 Å². The first-order valence-electron chi connectivity index (χ1n) is 8.56. The Hall–Kier alpha value is -2.38. The molecule has 4 heterocycles. The van der Waals surface area contributed by atoms with Gasteiger partial charge < -0.3 is 14.9 Å². The number of fused-ring (bicyclic) bond motifs is 2. The molecule has 2 aliphatic heterocycles. The zero-order chi connectivity index (χ0) is 16.4. The molecule has 2 aromatic heterocycles. The summed E-state index contributed by atoms with van der Waals surface area (Å²) >= 11 is 0. The molecular formula is C16H20N6O2. The van der Waals surface area contributed by atoms with Crippen molar-refractivity contribution in [1.29, 1.82) is 0 Å². The quantitative estimate of drug-likeness (QED) is 0.891. The van der Waals surface area contributed by atoms with E-state index < -0.39 is 5.97 Å². The van der Waals surface area contributed by atoms with Gasteiger partial charge in [0.2, 0.25) is 5.95 Å². The van der Waals surface area contributed by atoms with Crippen molar-refractivity contribution in [1.82, 2.24) is 19.6 Å². The summed E-state index contributed by atoms with van der Waals surface area (Å²) < 4.78 is 1.81. The van der Waals surface area contributed by atoms with E-state index in [0.29, 0.717) is 30.2 Å². The van der Waals surface area contributed by atoms with Gasteiger partial charge in [0.25, 0.3) is 0 Å². The summed E-state index contributed by atoms with van der Waals surface area (Å²) in [6.45, 7) is 4.99. The van der Waals surface area contributed by atoms with Crippen molar-refractivity contribution in [3.63, 3.8) is 0 Å². The van der Waals surface area contributed by atoms with E-state index in [2.05, 4.69) is 26.8 Å². The Morgan fingerprint density at radius 1 is 1.38 bits per heavy atom. The van der Waals surface area contributed by atoms with Crippen molar-refractivity contribution in [3.8, 4) is 0 Å². The molecule has 24 heavy (non-hydrogen) atoms. The topological polar surface area (TPSA) is 86.9 Å². The summed E-state index contributed by atoms with van der Waals surface area (Å²) in [6, 6.07) is 2.46. The number of aliphatic carboxylic acids is 1. The molecule has 8 heteroatoms. The number of hydrogen-bond donors (Lipinski definition) is 1. The van der Waals surface area contributed by atoms with E-state index in [0.717, 1.165) is 37.0 Å². The summed E-state index contributed by atoms with van der Waals surface area (Å²) in [7, 11) is 0. The zero-order valence-corrected chi connectivity index (χ0v) is 13.5. The van der Waals surface area contributed by atoms with Gasteiger partial charge in [-0.15, -0.1) is 0 Å². The van der Waals surface area contributed by atoms with Gasteiger partial charge in [-0.05, 0) is 31.1 Å². The predicted octanol–water partition coefficient (Wildman–Crippen LogP) is 0.880. The molecule has 8 nitrogen and oxygen atoms in total. The van der Waals surface area contributed by atoms with Crippen LogP contribution in [0.3, 0.4) is 0 Å². The first-order valence-corrected chi connectivity index (χ1v) is 8.56. The largest absolute Gasteiger partial charge is 0.481 e. The lowest BCUT2D eigenvalue weighted by atomic mass is 10.1. The van der Waals surface area contributed by atoms with E-state index in [1.54, 1.807) is 6.33 Å². The molecular weight excluding hydrogens is 308 g/mol. The van der Waals surface area contributed by atoms with Crippen molar-refractivity contribution >= 4 is 23.4 Å². The fourth-order valence-corrected chi connectivity index (χ4v) is 4.30. The van der Waals surface area contributed by atoms with Crippen LogP contribution in [0.4, 0.5) is 11.8 Å². The van der Waals surface area contributed by atoms with E-state index >= 15 is 0 Å². The van der Waals surface area contributed by atoms with E-state index in [-0.39, 0.29) is 0 Å². The van der Waals surface area contributed by atoms with Crippen molar-refractivity contribution in [2.24, 2.45) is 17.8 Å². The lowest BCUT2D eigenvalue weighted by molar-refractivity contribution is -0.137. The minimum absolute atomic E-state index is 0.302. The number of hydrogen-bond acceptors (Lipinski definition) is 6. The van der Waals surface area contributed by atoms with Gasteiger partial charge in [-0.1, -0.05) is 0 Å². The fourth-order valence-electron chi connectivity index (χ4n) is 4.30. The third kappa shape index (κ3) is 1.98. The first-order chi connectivity index (χ1) is 11.6. The van der Waals surface area contributed by atoms with Crippen LogP contribution < -0.4 is 9.80 Å². The molecule has 0 radical (unpaired) electrons. The lowest BCUT2D eigenvalue weighted by Crippen LogP contribution is -2.47. The second-order valence-corrected chi connectivity index (χ2v) is 7.27. The highest BCUT2D eigenvalue weighted by atomic mass is 16.4. The van der Waals surface area contributed by atoms with Gasteiger partial charge in [-0.3, -0.25) is 4.79 Å². The molecule has 3 aliphatic rings. The number of aromatic nitrogens is 4. The molecule has 1 N–H and O–H groups in total. The van der Waals surface area contributed by atoms with Crippen LogP contribution in [0.1, 0.15) is 19.8 Å². The molecule has 0 amide bonds. The second-order valence-electron chi connectivity index (χ2n) is 7.27. The van der Waals surface area contributed by atoms with Crippen LogP contribution in [-0.2, 0) is 4.79 Å². The second kappa shape index (κ2) is 4.81. The van der Waals surface area contributed by atoms with Crippen molar-refractivity contribution in [2.45, 2.75) is 25.8 Å². The number of carbonyl (C=O) groups is 1. The Morgan fingerprint density at radius 3 is 2.79 bits per heavy atom. The van der Waals surface area contributed by atoms with Crippen LogP contribution in [-0.4, -0.2) is 56.3 Å². The third-order valence-corrected chi connectivity index (χ3v) is 5.92. The number of anilines is 2. The fraction of sp³-hybridized carbons (Fsp3) is 0.625. The van der Waals surface area contributed by atoms with Crippen LogP contribution in [0, 0.1) is 17.8 Å². The van der Waals surface area contributed by atoms with Crippen molar-refractivity contribution < 1.29 is 9.90 Å². The Morgan fingerprint density at radius 2 is 2.17 bits per heavy atom.